The third kappa shape index (κ3) is 3.66. The number of thioether (sulfide) groups is 1. The van der Waals surface area contributed by atoms with Gasteiger partial charge >= 0.3 is 0 Å². The molecule has 6 unspecified atom stereocenters. The van der Waals surface area contributed by atoms with Gasteiger partial charge < -0.3 is 5.73 Å². The number of hydrogen-bond acceptors (Lipinski definition) is 4. The lowest BCUT2D eigenvalue weighted by atomic mass is 9.44. The van der Waals surface area contributed by atoms with Crippen molar-refractivity contribution in [1.29, 1.82) is 0 Å². The minimum absolute atomic E-state index is 0.0172. The number of allylic oxidation sites excluding steroid dienone is 5. The number of pyridine rings is 1. The van der Waals surface area contributed by atoms with Gasteiger partial charge in [-0.2, -0.15) is 0 Å². The third-order valence-corrected chi connectivity index (χ3v) is 11.5. The average molecular weight is 489 g/mol. The molecular formula is C31H40N2OS. The summed E-state index contributed by atoms with van der Waals surface area (Å²) >= 11 is 1.55. The molecule has 0 aromatic carbocycles. The Bertz CT molecular complexity index is 1250. The van der Waals surface area contributed by atoms with Crippen LogP contribution in [0.1, 0.15) is 59.8 Å². The van der Waals surface area contributed by atoms with Gasteiger partial charge in [0.25, 0.3) is 0 Å². The van der Waals surface area contributed by atoms with Crippen LogP contribution in [0, 0.1) is 34.0 Å². The number of fused-ring (bicyclic) bond motifs is 5. The van der Waals surface area contributed by atoms with Gasteiger partial charge in [0.1, 0.15) is 5.78 Å². The molecule has 35 heavy (non-hydrogen) atoms. The van der Waals surface area contributed by atoms with Crippen LogP contribution in [-0.4, -0.2) is 22.6 Å². The first-order chi connectivity index (χ1) is 16.5. The maximum atomic E-state index is 13.9. The van der Waals surface area contributed by atoms with E-state index in [1.54, 1.807) is 11.8 Å². The van der Waals surface area contributed by atoms with Crippen LogP contribution in [0.3, 0.4) is 0 Å². The molecule has 5 rings (SSSR count). The molecule has 0 spiro atoms. The van der Waals surface area contributed by atoms with Gasteiger partial charge in [0.05, 0.1) is 16.1 Å². The van der Waals surface area contributed by atoms with E-state index in [2.05, 4.69) is 57.1 Å². The number of rotatable bonds is 4. The molecular weight excluding hydrogens is 448 g/mol. The Hall–Kier alpha value is -1.91. The fourth-order valence-corrected chi connectivity index (χ4v) is 9.31. The van der Waals surface area contributed by atoms with E-state index in [1.165, 1.54) is 12.0 Å². The van der Waals surface area contributed by atoms with Crippen LogP contribution in [0.5, 0.6) is 0 Å². The number of ketones is 1. The second-order valence-electron chi connectivity index (χ2n) is 12.0. The van der Waals surface area contributed by atoms with Crippen LogP contribution in [0.4, 0.5) is 0 Å². The summed E-state index contributed by atoms with van der Waals surface area (Å²) in [5.74, 6) is 2.36. The van der Waals surface area contributed by atoms with Crippen molar-refractivity contribution in [3.8, 4) is 0 Å². The number of carbonyl (C=O) groups is 1. The molecule has 3 saturated carbocycles. The van der Waals surface area contributed by atoms with Crippen molar-refractivity contribution >= 4 is 30.2 Å². The van der Waals surface area contributed by atoms with Gasteiger partial charge in [0, 0.05) is 16.9 Å². The number of hydrogen-bond donors (Lipinski definition) is 1. The van der Waals surface area contributed by atoms with E-state index in [4.69, 9.17) is 5.73 Å². The summed E-state index contributed by atoms with van der Waals surface area (Å²) in [6.07, 6.45) is 14.2. The predicted molar refractivity (Wildman–Crippen MR) is 147 cm³/mol. The lowest BCUT2D eigenvalue weighted by Crippen LogP contribution is -2.60. The Morgan fingerprint density at radius 3 is 2.74 bits per heavy atom. The molecule has 186 valence electrons. The summed E-state index contributed by atoms with van der Waals surface area (Å²) in [6.45, 7) is 17.2. The lowest BCUT2D eigenvalue weighted by Gasteiger charge is -2.60. The van der Waals surface area contributed by atoms with Gasteiger partial charge in [-0.3, -0.25) is 4.79 Å². The highest BCUT2D eigenvalue weighted by Gasteiger charge is 2.66. The zero-order chi connectivity index (χ0) is 25.2. The van der Waals surface area contributed by atoms with Crippen LogP contribution in [0.15, 0.2) is 53.1 Å². The topological polar surface area (TPSA) is 56.0 Å². The first-order valence-corrected chi connectivity index (χ1v) is 14.2. The van der Waals surface area contributed by atoms with Crippen molar-refractivity contribution in [2.45, 2.75) is 70.9 Å². The van der Waals surface area contributed by atoms with Crippen molar-refractivity contribution in [3.63, 3.8) is 0 Å². The monoisotopic (exact) mass is 488 g/mol. The molecule has 0 bridgehead atoms. The predicted octanol–water partition coefficient (Wildman–Crippen LogP) is 5.19. The molecule has 0 amide bonds. The van der Waals surface area contributed by atoms with E-state index in [-0.39, 0.29) is 22.3 Å². The SMILES string of the molecule is C=C1C=CC2(C)C(=C1)CCC1C2C(N)CC2(C)C1CC[C@]2(C)C(=O)CSc1cc/c(=C/C)c(=C)n1. The Kier molecular flexibility index (Phi) is 6.08. The Morgan fingerprint density at radius 1 is 1.26 bits per heavy atom. The van der Waals surface area contributed by atoms with Crippen LogP contribution >= 0.6 is 11.8 Å². The fraction of sp³-hybridized carbons (Fsp3) is 0.548. The summed E-state index contributed by atoms with van der Waals surface area (Å²) in [5.41, 5.74) is 9.29. The third-order valence-electron chi connectivity index (χ3n) is 10.5. The molecule has 1 aromatic heterocycles. The molecule has 1 heterocycles. The van der Waals surface area contributed by atoms with Crippen molar-refractivity contribution in [3.05, 3.63) is 58.7 Å². The average Bonchev–Trinajstić information content (AvgIpc) is 3.09. The van der Waals surface area contributed by atoms with Crippen LogP contribution in [0.2, 0.25) is 0 Å². The van der Waals surface area contributed by atoms with Crippen LogP contribution < -0.4 is 16.3 Å². The Labute approximate surface area is 214 Å². The normalized spacial score (nSPS) is 40.7. The minimum Gasteiger partial charge on any atom is -0.327 e. The van der Waals surface area contributed by atoms with Crippen molar-refractivity contribution < 1.29 is 4.79 Å². The molecule has 3 fully saturated rings. The largest absolute Gasteiger partial charge is 0.327 e. The summed E-state index contributed by atoms with van der Waals surface area (Å²) in [4.78, 5) is 18.5. The first-order valence-electron chi connectivity index (χ1n) is 13.2. The van der Waals surface area contributed by atoms with Gasteiger partial charge in [-0.05, 0) is 79.1 Å². The summed E-state index contributed by atoms with van der Waals surface area (Å²) in [6, 6.07) is 4.14. The van der Waals surface area contributed by atoms with Gasteiger partial charge in [-0.15, -0.1) is 0 Å². The molecule has 1 aromatic rings. The van der Waals surface area contributed by atoms with Gasteiger partial charge in [-0.1, -0.05) is 81.6 Å². The maximum absolute atomic E-state index is 13.9. The summed E-state index contributed by atoms with van der Waals surface area (Å²) in [5, 5.41) is 2.69. The highest BCUT2D eigenvalue weighted by atomic mass is 32.2. The number of carbonyl (C=O) groups excluding carboxylic acids is 1. The zero-order valence-electron chi connectivity index (χ0n) is 21.8. The van der Waals surface area contributed by atoms with Gasteiger partial charge in [0.2, 0.25) is 0 Å². The standard InChI is InChI=1S/C31H40N2OS/c1-7-21-8-11-27(33-20(21)3)35-18-26(34)30(5)15-13-24-23-10-9-22-16-19(2)12-14-29(22,4)28(23)25(32)17-31(24,30)6/h7-8,11-12,14,16,23-25,28H,2-3,9-10,13,15,17-18,32H2,1,4-6H3/b21-7-/t23?,24?,25?,28?,29?,30-,31?/m1/s1. The molecule has 4 aliphatic carbocycles. The summed E-state index contributed by atoms with van der Waals surface area (Å²) in [7, 11) is 0. The van der Waals surface area contributed by atoms with Crippen molar-refractivity contribution in [2.75, 3.05) is 5.75 Å². The lowest BCUT2D eigenvalue weighted by molar-refractivity contribution is -0.138. The second-order valence-corrected chi connectivity index (χ2v) is 13.0. The molecule has 0 radical (unpaired) electrons. The number of nitrogens with two attached hydrogens (primary N) is 1. The molecule has 2 N–H and O–H groups in total. The van der Waals surface area contributed by atoms with Gasteiger partial charge in [-0.25, -0.2) is 4.98 Å². The second kappa shape index (κ2) is 8.59. The van der Waals surface area contributed by atoms with E-state index in [0.29, 0.717) is 29.3 Å². The molecule has 0 aliphatic heterocycles. The van der Waals surface area contributed by atoms with E-state index >= 15 is 0 Å². The highest BCUT2D eigenvalue weighted by Crippen LogP contribution is 2.69. The van der Waals surface area contributed by atoms with Crippen molar-refractivity contribution in [2.24, 2.45) is 39.7 Å². The van der Waals surface area contributed by atoms with Gasteiger partial charge in [0.15, 0.2) is 0 Å². The fourth-order valence-electron chi connectivity index (χ4n) is 8.37. The molecule has 0 saturated heterocycles. The number of aromatic nitrogens is 1. The van der Waals surface area contributed by atoms with Crippen molar-refractivity contribution in [1.82, 2.24) is 4.98 Å². The van der Waals surface area contributed by atoms with E-state index in [9.17, 15) is 4.79 Å². The Balaban J connectivity index is 1.39. The van der Waals surface area contributed by atoms with E-state index < -0.39 is 0 Å². The highest BCUT2D eigenvalue weighted by molar-refractivity contribution is 7.99. The molecule has 7 atom stereocenters. The number of nitrogens with zero attached hydrogens (tertiary/aromatic N) is 1. The molecule has 4 heteroatoms. The maximum Gasteiger partial charge on any atom is 0.149 e. The molecule has 4 aliphatic rings. The van der Waals surface area contributed by atoms with E-state index in [0.717, 1.165) is 46.9 Å². The zero-order valence-corrected chi connectivity index (χ0v) is 22.6. The first kappa shape index (κ1) is 24.8. The summed E-state index contributed by atoms with van der Waals surface area (Å²) < 4.78 is 0. The molecule has 3 nitrogen and oxygen atoms in total. The van der Waals surface area contributed by atoms with Crippen LogP contribution in [-0.2, 0) is 4.79 Å². The quantitative estimate of drug-likeness (QED) is 0.593. The van der Waals surface area contributed by atoms with E-state index in [1.807, 2.05) is 25.1 Å². The van der Waals surface area contributed by atoms with Crippen LogP contribution in [0.25, 0.3) is 12.7 Å². The minimum atomic E-state index is -0.342. The number of Topliss-reactive ketones (excluding diaryl/α,β-unsaturated/α-hetero) is 1. The smallest absolute Gasteiger partial charge is 0.149 e. The Morgan fingerprint density at radius 2 is 2.03 bits per heavy atom.